The summed E-state index contributed by atoms with van der Waals surface area (Å²) in [6.45, 7) is 1.44. The van der Waals surface area contributed by atoms with Crippen molar-refractivity contribution in [1.29, 1.82) is 0 Å². The molecule has 1 aliphatic heterocycles. The summed E-state index contributed by atoms with van der Waals surface area (Å²) in [6.07, 6.45) is 6.28. The van der Waals surface area contributed by atoms with Crippen molar-refractivity contribution in [3.63, 3.8) is 0 Å². The maximum atomic E-state index is 14.4. The minimum atomic E-state index is -0.289. The Morgan fingerprint density at radius 3 is 2.49 bits per heavy atom. The van der Waals surface area contributed by atoms with E-state index in [-0.39, 0.29) is 11.4 Å². The van der Waals surface area contributed by atoms with Gasteiger partial charge in [-0.15, -0.1) is 0 Å². The van der Waals surface area contributed by atoms with Crippen molar-refractivity contribution in [2.24, 2.45) is 5.92 Å². The highest BCUT2D eigenvalue weighted by Crippen LogP contribution is 2.49. The minimum Gasteiger partial charge on any atom is -0.497 e. The molecule has 0 saturated heterocycles. The molecule has 3 aromatic carbocycles. The average Bonchev–Trinajstić information content (AvgIpc) is 3.20. The van der Waals surface area contributed by atoms with Crippen LogP contribution in [0.4, 0.5) is 4.39 Å². The SMILES string of the molecule is COc1ccc(Cn2c3c(c4cc(F)ccc42)CCOC32CCC(Cc3ccccc3)CC2)cc1. The zero-order valence-corrected chi connectivity index (χ0v) is 20.3. The van der Waals surface area contributed by atoms with Gasteiger partial charge in [0.25, 0.3) is 0 Å². The van der Waals surface area contributed by atoms with Crippen LogP contribution in [0, 0.1) is 11.7 Å². The molecule has 0 atom stereocenters. The smallest absolute Gasteiger partial charge is 0.123 e. The van der Waals surface area contributed by atoms with Gasteiger partial charge in [-0.05, 0) is 91.5 Å². The second-order valence-corrected chi connectivity index (χ2v) is 10.1. The molecule has 1 fully saturated rings. The standard InChI is InChI=1S/C31H32FNO2/c1-34-26-10-7-24(8-11-26)21-33-29-12-9-25(32)20-28(29)27-15-18-35-31(30(27)33)16-13-23(14-17-31)19-22-5-3-2-4-6-22/h2-12,20,23H,13-19,21H2,1H3. The fourth-order valence-electron chi connectivity index (χ4n) is 6.34. The fraction of sp³-hybridized carbons (Fsp3) is 0.355. The summed E-state index contributed by atoms with van der Waals surface area (Å²) >= 11 is 0. The summed E-state index contributed by atoms with van der Waals surface area (Å²) < 4.78 is 28.8. The maximum absolute atomic E-state index is 14.4. The lowest BCUT2D eigenvalue weighted by Crippen LogP contribution is -2.41. The number of nitrogens with zero attached hydrogens (tertiary/aromatic N) is 1. The lowest BCUT2D eigenvalue weighted by molar-refractivity contribution is -0.0970. The third-order valence-corrected chi connectivity index (χ3v) is 8.07. The van der Waals surface area contributed by atoms with Crippen LogP contribution in [0.5, 0.6) is 5.75 Å². The van der Waals surface area contributed by atoms with E-state index in [2.05, 4.69) is 47.0 Å². The molecule has 3 nitrogen and oxygen atoms in total. The molecule has 2 heterocycles. The molecule has 2 aliphatic rings. The van der Waals surface area contributed by atoms with E-state index >= 15 is 0 Å². The van der Waals surface area contributed by atoms with Gasteiger partial charge in [0.05, 0.1) is 19.4 Å². The summed E-state index contributed by atoms with van der Waals surface area (Å²) in [5.74, 6) is 1.36. The maximum Gasteiger partial charge on any atom is 0.123 e. The van der Waals surface area contributed by atoms with Crippen molar-refractivity contribution in [3.05, 3.63) is 101 Å². The first-order valence-electron chi connectivity index (χ1n) is 12.8. The van der Waals surface area contributed by atoms with Crippen LogP contribution in [-0.4, -0.2) is 18.3 Å². The number of aromatic nitrogens is 1. The molecule has 4 aromatic rings. The quantitative estimate of drug-likeness (QED) is 0.313. The molecule has 1 saturated carbocycles. The third kappa shape index (κ3) is 4.14. The molecule has 1 aromatic heterocycles. The Morgan fingerprint density at radius 1 is 0.971 bits per heavy atom. The predicted octanol–water partition coefficient (Wildman–Crippen LogP) is 7.04. The van der Waals surface area contributed by atoms with Crippen LogP contribution in [0.2, 0.25) is 0 Å². The molecule has 35 heavy (non-hydrogen) atoms. The van der Waals surface area contributed by atoms with Crippen LogP contribution in [-0.2, 0) is 29.7 Å². The molecule has 1 spiro atoms. The second kappa shape index (κ2) is 9.16. The number of ether oxygens (including phenoxy) is 2. The van der Waals surface area contributed by atoms with E-state index in [0.29, 0.717) is 12.5 Å². The van der Waals surface area contributed by atoms with Gasteiger partial charge in [0.15, 0.2) is 0 Å². The highest BCUT2D eigenvalue weighted by molar-refractivity contribution is 5.86. The number of rotatable bonds is 5. The minimum absolute atomic E-state index is 0.172. The van der Waals surface area contributed by atoms with Crippen molar-refractivity contribution < 1.29 is 13.9 Å². The van der Waals surface area contributed by atoms with Gasteiger partial charge in [0.1, 0.15) is 17.2 Å². The third-order valence-electron chi connectivity index (χ3n) is 8.07. The Morgan fingerprint density at radius 2 is 1.74 bits per heavy atom. The Bertz CT molecular complexity index is 1320. The van der Waals surface area contributed by atoms with E-state index in [1.165, 1.54) is 22.4 Å². The molecule has 0 radical (unpaired) electrons. The molecule has 1 aliphatic carbocycles. The van der Waals surface area contributed by atoms with Crippen LogP contribution in [0.1, 0.15) is 48.1 Å². The molecule has 0 N–H and O–H groups in total. The molecule has 0 unspecified atom stereocenters. The predicted molar refractivity (Wildman–Crippen MR) is 137 cm³/mol. The van der Waals surface area contributed by atoms with Gasteiger partial charge in [-0.1, -0.05) is 42.5 Å². The zero-order valence-electron chi connectivity index (χ0n) is 20.3. The van der Waals surface area contributed by atoms with Gasteiger partial charge in [-0.2, -0.15) is 0 Å². The second-order valence-electron chi connectivity index (χ2n) is 10.1. The van der Waals surface area contributed by atoms with Crippen molar-refractivity contribution in [1.82, 2.24) is 4.57 Å². The first kappa shape index (κ1) is 22.4. The summed E-state index contributed by atoms with van der Waals surface area (Å²) in [4.78, 5) is 0. The van der Waals surface area contributed by atoms with Crippen molar-refractivity contribution >= 4 is 10.9 Å². The topological polar surface area (TPSA) is 23.4 Å². The van der Waals surface area contributed by atoms with Crippen LogP contribution < -0.4 is 4.74 Å². The molecule has 0 amide bonds. The van der Waals surface area contributed by atoms with E-state index in [4.69, 9.17) is 9.47 Å². The van der Waals surface area contributed by atoms with Crippen molar-refractivity contribution in [3.8, 4) is 5.75 Å². The number of methoxy groups -OCH3 is 1. The summed E-state index contributed by atoms with van der Waals surface area (Å²) in [5.41, 5.74) is 5.99. The van der Waals surface area contributed by atoms with Crippen LogP contribution in [0.25, 0.3) is 10.9 Å². The highest BCUT2D eigenvalue weighted by Gasteiger charge is 2.44. The molecule has 0 bridgehead atoms. The largest absolute Gasteiger partial charge is 0.497 e. The highest BCUT2D eigenvalue weighted by atomic mass is 19.1. The van der Waals surface area contributed by atoms with Gasteiger partial charge in [-0.25, -0.2) is 4.39 Å². The van der Waals surface area contributed by atoms with Crippen molar-refractivity contribution in [2.45, 2.75) is 50.7 Å². The Hall–Kier alpha value is -3.11. The van der Waals surface area contributed by atoms with Gasteiger partial charge in [0, 0.05) is 17.4 Å². The fourth-order valence-corrected chi connectivity index (χ4v) is 6.34. The zero-order chi connectivity index (χ0) is 23.8. The monoisotopic (exact) mass is 469 g/mol. The van der Waals surface area contributed by atoms with Gasteiger partial charge < -0.3 is 14.0 Å². The van der Waals surface area contributed by atoms with Crippen LogP contribution in [0.3, 0.4) is 0 Å². The number of halogens is 1. The normalized spacial score (nSPS) is 21.8. The van der Waals surface area contributed by atoms with E-state index < -0.39 is 0 Å². The average molecular weight is 470 g/mol. The molecule has 4 heteroatoms. The lowest BCUT2D eigenvalue weighted by Gasteiger charge is -2.44. The number of hydrogen-bond donors (Lipinski definition) is 0. The lowest BCUT2D eigenvalue weighted by atomic mass is 9.73. The van der Waals surface area contributed by atoms with Crippen molar-refractivity contribution in [2.75, 3.05) is 13.7 Å². The summed E-state index contributed by atoms with van der Waals surface area (Å²) in [7, 11) is 1.69. The number of hydrogen-bond acceptors (Lipinski definition) is 2. The number of fused-ring (bicyclic) bond motifs is 4. The Labute approximate surface area is 206 Å². The molecular formula is C31H32FNO2. The molecule has 180 valence electrons. The van der Waals surface area contributed by atoms with Gasteiger partial charge in [-0.3, -0.25) is 0 Å². The van der Waals surface area contributed by atoms with E-state index in [0.717, 1.165) is 61.7 Å². The van der Waals surface area contributed by atoms with E-state index in [9.17, 15) is 4.39 Å². The summed E-state index contributed by atoms with van der Waals surface area (Å²) in [5, 5.41) is 1.04. The van der Waals surface area contributed by atoms with Gasteiger partial charge >= 0.3 is 0 Å². The summed E-state index contributed by atoms with van der Waals surface area (Å²) in [6, 6.07) is 24.3. The van der Waals surface area contributed by atoms with E-state index in [1.54, 1.807) is 19.2 Å². The first-order valence-corrected chi connectivity index (χ1v) is 12.8. The Balaban J connectivity index is 1.37. The van der Waals surface area contributed by atoms with Crippen LogP contribution in [0.15, 0.2) is 72.8 Å². The number of benzene rings is 3. The first-order chi connectivity index (χ1) is 17.1. The molecular weight excluding hydrogens is 437 g/mol. The van der Waals surface area contributed by atoms with E-state index in [1.807, 2.05) is 18.2 Å². The van der Waals surface area contributed by atoms with Gasteiger partial charge in [0.2, 0.25) is 0 Å². The Kier molecular flexibility index (Phi) is 5.85. The molecule has 6 rings (SSSR count). The van der Waals surface area contributed by atoms with Crippen LogP contribution >= 0.6 is 0 Å².